The second kappa shape index (κ2) is 6.91. The third kappa shape index (κ3) is 2.96. The Bertz CT molecular complexity index is 1310. The van der Waals surface area contributed by atoms with Gasteiger partial charge in [-0.2, -0.15) is 5.10 Å². The highest BCUT2D eigenvalue weighted by molar-refractivity contribution is 6.00. The van der Waals surface area contributed by atoms with E-state index in [1.807, 2.05) is 0 Å². The van der Waals surface area contributed by atoms with E-state index in [-0.39, 0.29) is 46.1 Å². The fourth-order valence-corrected chi connectivity index (χ4v) is 5.22. The lowest BCUT2D eigenvalue weighted by atomic mass is 9.80. The molecule has 2 atom stereocenters. The monoisotopic (exact) mass is 440 g/mol. The highest BCUT2D eigenvalue weighted by atomic mass is 19.3. The normalized spacial score (nSPS) is 22.4. The number of nitrogens with one attached hydrogen (secondary N) is 1. The summed E-state index contributed by atoms with van der Waals surface area (Å²) < 4.78 is 28.4. The zero-order valence-corrected chi connectivity index (χ0v) is 17.5. The van der Waals surface area contributed by atoms with Crippen LogP contribution in [0.2, 0.25) is 0 Å². The van der Waals surface area contributed by atoms with Gasteiger partial charge in [-0.3, -0.25) is 9.59 Å². The van der Waals surface area contributed by atoms with Gasteiger partial charge in [-0.1, -0.05) is 0 Å². The minimum Gasteiger partial charge on any atom is -0.337 e. The lowest BCUT2D eigenvalue weighted by molar-refractivity contribution is 0.0787. The molecule has 3 aromatic rings. The summed E-state index contributed by atoms with van der Waals surface area (Å²) in [5.74, 6) is 0.691. The van der Waals surface area contributed by atoms with E-state index in [9.17, 15) is 18.4 Å². The molecule has 10 heteroatoms. The van der Waals surface area contributed by atoms with Crippen molar-refractivity contribution in [3.8, 4) is 0 Å². The van der Waals surface area contributed by atoms with E-state index in [0.717, 1.165) is 29.5 Å². The third-order valence-electron chi connectivity index (χ3n) is 6.98. The molecule has 0 radical (unpaired) electrons. The van der Waals surface area contributed by atoms with Crippen LogP contribution in [0.25, 0.3) is 5.65 Å². The van der Waals surface area contributed by atoms with E-state index in [0.29, 0.717) is 36.6 Å². The highest BCUT2D eigenvalue weighted by Gasteiger charge is 2.42. The molecule has 1 amide bonds. The van der Waals surface area contributed by atoms with Gasteiger partial charge in [0.05, 0.1) is 11.9 Å². The number of alkyl halides is 2. The first kappa shape index (κ1) is 19.5. The molecule has 0 unspecified atom stereocenters. The molecule has 0 bridgehead atoms. The lowest BCUT2D eigenvalue weighted by Gasteiger charge is -2.25. The van der Waals surface area contributed by atoms with Gasteiger partial charge < -0.3 is 9.88 Å². The largest absolute Gasteiger partial charge is 0.337 e. The number of nitrogens with zero attached hydrogens (tertiary/aromatic N) is 5. The topological polar surface area (TPSA) is 96.2 Å². The van der Waals surface area contributed by atoms with Crippen LogP contribution >= 0.6 is 0 Å². The Hall–Kier alpha value is -3.17. The van der Waals surface area contributed by atoms with Gasteiger partial charge in [-0.15, -0.1) is 0 Å². The fraction of sp³-hybridized carbons (Fsp3) is 0.500. The second-order valence-electron chi connectivity index (χ2n) is 9.11. The number of aryl methyl sites for hydroxylation is 1. The Labute approximate surface area is 181 Å². The molecule has 166 valence electrons. The first-order chi connectivity index (χ1) is 15.4. The molecular weight excluding hydrogens is 418 g/mol. The Morgan fingerprint density at radius 2 is 2.03 bits per heavy atom. The van der Waals surface area contributed by atoms with Crippen molar-refractivity contribution in [3.05, 3.63) is 56.7 Å². The van der Waals surface area contributed by atoms with Crippen LogP contribution in [0.3, 0.4) is 0 Å². The van der Waals surface area contributed by atoms with Gasteiger partial charge in [0.25, 0.3) is 17.9 Å². The molecule has 3 aliphatic rings. The molecule has 32 heavy (non-hydrogen) atoms. The number of carbonyl (C=O) groups excluding carboxylic acids is 1. The summed E-state index contributed by atoms with van der Waals surface area (Å²) in [6, 6.07) is 1.41. The number of H-pyrrole nitrogens is 1. The van der Waals surface area contributed by atoms with Crippen molar-refractivity contribution in [1.29, 1.82) is 0 Å². The van der Waals surface area contributed by atoms with E-state index in [2.05, 4.69) is 20.1 Å². The number of aromatic nitrogens is 5. The molecule has 2 aliphatic carbocycles. The standard InChI is InChI=1S/C22H22F2N6O2/c1-10-26-18-13(21(31)27-10)5-4-12-8-29(9-15(12)18)22(32)14-7-25-30-17(19(23)24)6-16(11-2-3-11)28-20(14)30/h6-7,11-12,15,19H,2-5,8-9H2,1H3,(H,26,27,31)/t12-,15+/m1/s1. The van der Waals surface area contributed by atoms with Crippen LogP contribution in [0.5, 0.6) is 0 Å². The summed E-state index contributed by atoms with van der Waals surface area (Å²) in [6.07, 6.45) is 1.93. The minimum atomic E-state index is -2.71. The number of likely N-dealkylation sites (tertiary alicyclic amines) is 1. The van der Waals surface area contributed by atoms with Gasteiger partial charge >= 0.3 is 0 Å². The third-order valence-corrected chi connectivity index (χ3v) is 6.98. The molecule has 6 rings (SSSR count). The summed E-state index contributed by atoms with van der Waals surface area (Å²) >= 11 is 0. The smallest absolute Gasteiger partial charge is 0.280 e. The van der Waals surface area contributed by atoms with Crippen LogP contribution in [0.1, 0.15) is 76.4 Å². The zero-order chi connectivity index (χ0) is 22.1. The van der Waals surface area contributed by atoms with Crippen molar-refractivity contribution >= 4 is 11.6 Å². The molecule has 0 aromatic carbocycles. The lowest BCUT2D eigenvalue weighted by Crippen LogP contribution is -2.29. The van der Waals surface area contributed by atoms with Crippen molar-refractivity contribution in [3.63, 3.8) is 0 Å². The molecule has 1 N–H and O–H groups in total. The zero-order valence-electron chi connectivity index (χ0n) is 17.5. The molecule has 2 fully saturated rings. The molecule has 1 saturated heterocycles. The molecule has 1 saturated carbocycles. The number of hydrogen-bond acceptors (Lipinski definition) is 5. The van der Waals surface area contributed by atoms with Crippen LogP contribution in [-0.2, 0) is 6.42 Å². The van der Waals surface area contributed by atoms with E-state index in [4.69, 9.17) is 0 Å². The van der Waals surface area contributed by atoms with Crippen molar-refractivity contribution in [2.75, 3.05) is 13.1 Å². The average molecular weight is 440 g/mol. The van der Waals surface area contributed by atoms with Crippen LogP contribution < -0.4 is 5.56 Å². The number of amides is 1. The van der Waals surface area contributed by atoms with Gasteiger partial charge in [-0.25, -0.2) is 23.3 Å². The van der Waals surface area contributed by atoms with Gasteiger partial charge in [0.15, 0.2) is 5.65 Å². The van der Waals surface area contributed by atoms with Crippen LogP contribution in [0.4, 0.5) is 8.78 Å². The maximum absolute atomic E-state index is 13.7. The molecule has 8 nitrogen and oxygen atoms in total. The van der Waals surface area contributed by atoms with Gasteiger partial charge in [0.1, 0.15) is 17.1 Å². The van der Waals surface area contributed by atoms with Crippen LogP contribution in [0, 0.1) is 12.8 Å². The predicted molar refractivity (Wildman–Crippen MR) is 110 cm³/mol. The number of rotatable bonds is 3. The van der Waals surface area contributed by atoms with Crippen LogP contribution in [0.15, 0.2) is 17.1 Å². The quantitative estimate of drug-likeness (QED) is 0.676. The van der Waals surface area contributed by atoms with E-state index < -0.39 is 6.43 Å². The van der Waals surface area contributed by atoms with E-state index in [1.165, 1.54) is 12.3 Å². The average Bonchev–Trinajstić information content (AvgIpc) is 3.37. The first-order valence-corrected chi connectivity index (χ1v) is 11.0. The second-order valence-corrected chi connectivity index (χ2v) is 9.11. The molecule has 0 spiro atoms. The highest BCUT2D eigenvalue weighted by Crippen LogP contribution is 2.42. The number of hydrogen-bond donors (Lipinski definition) is 1. The van der Waals surface area contributed by atoms with E-state index in [1.54, 1.807) is 11.8 Å². The number of fused-ring (bicyclic) bond motifs is 4. The Morgan fingerprint density at radius 3 is 2.78 bits per heavy atom. The van der Waals surface area contributed by atoms with Crippen molar-refractivity contribution in [1.82, 2.24) is 29.5 Å². The summed E-state index contributed by atoms with van der Waals surface area (Å²) in [5, 5.41) is 4.07. The van der Waals surface area contributed by atoms with Crippen molar-refractivity contribution in [2.24, 2.45) is 5.92 Å². The molecule has 1 aliphatic heterocycles. The summed E-state index contributed by atoms with van der Waals surface area (Å²) in [6.45, 7) is 2.73. The summed E-state index contributed by atoms with van der Waals surface area (Å²) in [4.78, 5) is 39.4. The summed E-state index contributed by atoms with van der Waals surface area (Å²) in [7, 11) is 0. The Balaban J connectivity index is 1.36. The van der Waals surface area contributed by atoms with Gasteiger partial charge in [0.2, 0.25) is 0 Å². The Kier molecular flexibility index (Phi) is 4.22. The minimum absolute atomic E-state index is 0.00264. The van der Waals surface area contributed by atoms with E-state index >= 15 is 0 Å². The summed E-state index contributed by atoms with van der Waals surface area (Å²) in [5.41, 5.74) is 2.18. The molecule has 3 aromatic heterocycles. The van der Waals surface area contributed by atoms with Crippen LogP contribution in [-0.4, -0.2) is 48.5 Å². The van der Waals surface area contributed by atoms with Gasteiger partial charge in [0, 0.05) is 36.2 Å². The molecular formula is C22H22F2N6O2. The number of carbonyl (C=O) groups is 1. The Morgan fingerprint density at radius 1 is 1.22 bits per heavy atom. The van der Waals surface area contributed by atoms with Crippen molar-refractivity contribution in [2.45, 2.75) is 50.9 Å². The van der Waals surface area contributed by atoms with Crippen molar-refractivity contribution < 1.29 is 13.6 Å². The maximum atomic E-state index is 13.7. The fourth-order valence-electron chi connectivity index (χ4n) is 5.22. The molecule has 4 heterocycles. The van der Waals surface area contributed by atoms with Gasteiger partial charge in [-0.05, 0) is 44.6 Å². The maximum Gasteiger partial charge on any atom is 0.280 e. The number of halogens is 2. The number of aromatic amines is 1. The first-order valence-electron chi connectivity index (χ1n) is 11.0. The predicted octanol–water partition coefficient (Wildman–Crippen LogP) is 2.74. The SMILES string of the molecule is Cc1nc2c(c(=O)[nH]1)CC[C@@H]1CN(C(=O)c3cnn4c(C(F)F)cc(C5CC5)nc34)C[C@H]21.